The summed E-state index contributed by atoms with van der Waals surface area (Å²) >= 11 is 14.8. The van der Waals surface area contributed by atoms with Crippen LogP contribution >= 0.6 is 51.5 Å². The van der Waals surface area contributed by atoms with E-state index < -0.39 is 5.83 Å². The predicted octanol–water partition coefficient (Wildman–Crippen LogP) is 5.43. The normalized spacial score (nSPS) is 10.4. The van der Waals surface area contributed by atoms with Crippen molar-refractivity contribution in [2.45, 2.75) is 20.8 Å². The van der Waals surface area contributed by atoms with Gasteiger partial charge in [0.25, 0.3) is 0 Å². The van der Waals surface area contributed by atoms with Gasteiger partial charge in [-0.25, -0.2) is 0 Å². The number of hydrogen-bond donors (Lipinski definition) is 0. The van der Waals surface area contributed by atoms with Gasteiger partial charge in [0.05, 0.1) is 0 Å². The van der Waals surface area contributed by atoms with Crippen LogP contribution in [0.1, 0.15) is 20.8 Å². The minimum Gasteiger partial charge on any atom is -0.119 e. The summed E-state index contributed by atoms with van der Waals surface area (Å²) in [7, 11) is 0. The summed E-state index contributed by atoms with van der Waals surface area (Å²) in [6.07, 6.45) is 0. The molecule has 0 N–H and O–H groups in total. The number of hydrogen-bond acceptors (Lipinski definition) is 2. The van der Waals surface area contributed by atoms with Crippen LogP contribution in [0.25, 0.3) is 0 Å². The zero-order chi connectivity index (χ0) is 8.85. The van der Waals surface area contributed by atoms with E-state index in [9.17, 15) is 0 Å². The van der Waals surface area contributed by atoms with Crippen LogP contribution in [0.5, 0.6) is 0 Å². The van der Waals surface area contributed by atoms with E-state index in [-0.39, 0.29) is 0 Å². The van der Waals surface area contributed by atoms with Crippen molar-refractivity contribution in [3.63, 3.8) is 0 Å². The zero-order valence-electron chi connectivity index (χ0n) is 6.73. The molecule has 0 saturated heterocycles. The van der Waals surface area contributed by atoms with Gasteiger partial charge in [0.2, 0.25) is 0 Å². The lowest BCUT2D eigenvalue weighted by Gasteiger charge is -2.06. The van der Waals surface area contributed by atoms with Gasteiger partial charge in [0.1, 0.15) is 5.83 Å². The number of thioether (sulfide) groups is 1. The van der Waals surface area contributed by atoms with Crippen LogP contribution in [0.2, 0.25) is 0 Å². The summed E-state index contributed by atoms with van der Waals surface area (Å²) in [5, 5.41) is 0. The summed E-state index contributed by atoms with van der Waals surface area (Å²) in [6.45, 7) is 6.29. The largest absolute Gasteiger partial charge is 0.150 e. The first-order valence-electron chi connectivity index (χ1n) is 3.17. The van der Waals surface area contributed by atoms with Crippen LogP contribution in [0, 0.1) is 0 Å². The Balaban J connectivity index is 4.02. The average molecular weight is 249 g/mol. The highest BCUT2D eigenvalue weighted by Gasteiger charge is 2.06. The molecule has 0 aliphatic heterocycles. The van der Waals surface area contributed by atoms with Gasteiger partial charge < -0.3 is 0 Å². The number of rotatable bonds is 4. The summed E-state index contributed by atoms with van der Waals surface area (Å²) in [4.78, 5) is 0. The SMILES string of the molecule is CCSC(SP(Cl)Cl)=C(C)C. The molecule has 0 spiro atoms. The summed E-state index contributed by atoms with van der Waals surface area (Å²) < 4.78 is 1.27. The van der Waals surface area contributed by atoms with Gasteiger partial charge >= 0.3 is 0 Å². The van der Waals surface area contributed by atoms with Gasteiger partial charge in [0.15, 0.2) is 0 Å². The number of allylic oxidation sites excluding steroid dienone is 1. The first-order chi connectivity index (χ1) is 5.07. The maximum absolute atomic E-state index is 5.70. The fourth-order valence-corrected chi connectivity index (χ4v) is 5.93. The molecule has 0 unspecified atom stereocenters. The summed E-state index contributed by atoms with van der Waals surface area (Å²) in [5.41, 5.74) is 1.30. The molecule has 0 aromatic heterocycles. The van der Waals surface area contributed by atoms with Gasteiger partial charge in [-0.15, -0.1) is 11.8 Å². The highest BCUT2D eigenvalue weighted by Crippen LogP contribution is 2.64. The van der Waals surface area contributed by atoms with Crippen LogP contribution in [0.4, 0.5) is 0 Å². The molecule has 0 aliphatic carbocycles. The fraction of sp³-hybridized carbons (Fsp3) is 0.667. The third-order valence-corrected chi connectivity index (χ3v) is 5.68. The second kappa shape index (κ2) is 6.91. The molecule has 0 amide bonds. The van der Waals surface area contributed by atoms with E-state index in [1.807, 2.05) is 0 Å². The van der Waals surface area contributed by atoms with Crippen molar-refractivity contribution in [1.29, 1.82) is 0 Å². The quantitative estimate of drug-likeness (QED) is 0.609. The Labute approximate surface area is 87.6 Å². The summed E-state index contributed by atoms with van der Waals surface area (Å²) in [5.74, 6) is 0.172. The fourth-order valence-electron chi connectivity index (χ4n) is 0.456. The predicted molar refractivity (Wildman–Crippen MR) is 62.7 cm³/mol. The monoisotopic (exact) mass is 248 g/mol. The molecule has 0 rings (SSSR count). The van der Waals surface area contributed by atoms with Crippen LogP contribution in [0.3, 0.4) is 0 Å². The Morgan fingerprint density at radius 3 is 2.18 bits per heavy atom. The van der Waals surface area contributed by atoms with Gasteiger partial charge in [-0.05, 0) is 19.6 Å². The Morgan fingerprint density at radius 1 is 1.36 bits per heavy atom. The molecule has 0 radical (unpaired) electrons. The van der Waals surface area contributed by atoms with Gasteiger partial charge in [0, 0.05) is 4.24 Å². The van der Waals surface area contributed by atoms with Crippen LogP contribution in [-0.2, 0) is 0 Å². The van der Waals surface area contributed by atoms with Crippen LogP contribution in [0.15, 0.2) is 9.81 Å². The molecule has 0 fully saturated rings. The number of halogens is 2. The molecule has 0 nitrogen and oxygen atoms in total. The lowest BCUT2D eigenvalue weighted by molar-refractivity contribution is 1.40. The Hall–Kier alpha value is 1.45. The van der Waals surface area contributed by atoms with E-state index >= 15 is 0 Å². The molecule has 0 bridgehead atoms. The zero-order valence-corrected chi connectivity index (χ0v) is 10.8. The molecule has 0 aromatic carbocycles. The lowest BCUT2D eigenvalue weighted by atomic mass is 10.4. The molecular weight excluding hydrogens is 238 g/mol. The second-order valence-corrected chi connectivity index (χ2v) is 9.93. The molecular formula is C6H11Cl2PS2. The van der Waals surface area contributed by atoms with E-state index in [0.29, 0.717) is 0 Å². The standard InChI is InChI=1S/C6H11Cl2PS2/c1-4-10-6(5(2)3)11-9(7)8/h4H2,1-3H3. The minimum atomic E-state index is -0.901. The Bertz CT molecular complexity index is 144. The van der Waals surface area contributed by atoms with E-state index in [1.165, 1.54) is 9.81 Å². The van der Waals surface area contributed by atoms with Gasteiger partial charge in [-0.3, -0.25) is 0 Å². The van der Waals surface area contributed by atoms with Crippen molar-refractivity contribution in [3.05, 3.63) is 9.81 Å². The van der Waals surface area contributed by atoms with Gasteiger partial charge in [-0.2, -0.15) is 0 Å². The van der Waals surface area contributed by atoms with Crippen molar-refractivity contribution >= 4 is 51.5 Å². The molecule has 5 heteroatoms. The highest BCUT2D eigenvalue weighted by atomic mass is 35.9. The lowest BCUT2D eigenvalue weighted by Crippen LogP contribution is -1.73. The maximum Gasteiger partial charge on any atom is 0.150 e. The van der Waals surface area contributed by atoms with Crippen LogP contribution < -0.4 is 0 Å². The minimum absolute atomic E-state index is 0.901. The molecule has 0 heterocycles. The van der Waals surface area contributed by atoms with Gasteiger partial charge in [-0.1, -0.05) is 46.4 Å². The van der Waals surface area contributed by atoms with Crippen molar-refractivity contribution in [2.75, 3.05) is 5.75 Å². The van der Waals surface area contributed by atoms with E-state index in [0.717, 1.165) is 5.75 Å². The Morgan fingerprint density at radius 2 is 1.91 bits per heavy atom. The van der Waals surface area contributed by atoms with E-state index in [4.69, 9.17) is 22.5 Å². The van der Waals surface area contributed by atoms with Crippen molar-refractivity contribution < 1.29 is 0 Å². The molecule has 11 heavy (non-hydrogen) atoms. The van der Waals surface area contributed by atoms with Crippen molar-refractivity contribution in [1.82, 2.24) is 0 Å². The van der Waals surface area contributed by atoms with Crippen molar-refractivity contribution in [3.8, 4) is 0 Å². The highest BCUT2D eigenvalue weighted by molar-refractivity contribution is 8.73. The average Bonchev–Trinajstić information content (AvgIpc) is 1.86. The molecule has 66 valence electrons. The Kier molecular flexibility index (Phi) is 7.82. The first kappa shape index (κ1) is 12.4. The smallest absolute Gasteiger partial charge is 0.119 e. The maximum atomic E-state index is 5.70. The molecule has 0 aromatic rings. The first-order valence-corrected chi connectivity index (χ1v) is 8.73. The van der Waals surface area contributed by atoms with Crippen molar-refractivity contribution in [2.24, 2.45) is 0 Å². The summed E-state index contributed by atoms with van der Waals surface area (Å²) in [6, 6.07) is 0. The second-order valence-electron chi connectivity index (χ2n) is 2.01. The topological polar surface area (TPSA) is 0 Å². The van der Waals surface area contributed by atoms with Crippen LogP contribution in [-0.4, -0.2) is 5.75 Å². The third-order valence-electron chi connectivity index (χ3n) is 0.836. The molecule has 0 aliphatic rings. The molecule has 0 atom stereocenters. The van der Waals surface area contributed by atoms with E-state index in [2.05, 4.69) is 20.8 Å². The van der Waals surface area contributed by atoms with E-state index in [1.54, 1.807) is 23.1 Å². The third kappa shape index (κ3) is 6.60. The molecule has 0 saturated carbocycles.